The molecule has 1 aromatic heterocycles. The number of pyridine rings is 1. The van der Waals surface area contributed by atoms with Crippen LogP contribution in [0.1, 0.15) is 161 Å². The smallest absolute Gasteiger partial charge is 0.256 e. The normalized spacial score (nSPS) is 15.7. The van der Waals surface area contributed by atoms with Gasteiger partial charge in [0.15, 0.2) is 0 Å². The van der Waals surface area contributed by atoms with Crippen LogP contribution < -0.4 is 5.30 Å². The number of hydrogen-bond donors (Lipinski definition) is 0. The molecule has 1 fully saturated rings. The van der Waals surface area contributed by atoms with Crippen LogP contribution >= 0.6 is 7.14 Å². The number of carbonyl (C=O) groups excluding carboxylic acids is 3. The molecule has 9 rings (SSSR count). The lowest BCUT2D eigenvalue weighted by atomic mass is 9.81. The molecule has 1 aliphatic carbocycles. The molecular weight excluding hydrogens is 884 g/mol. The monoisotopic (exact) mass is 963 g/mol. The molecule has 1 saturated carbocycles. The maximum Gasteiger partial charge on any atom is 0.256 e. The fourth-order valence-corrected chi connectivity index (χ4v) is 10.2. The molecule has 0 saturated heterocycles. The van der Waals surface area contributed by atoms with Crippen molar-refractivity contribution in [3.8, 4) is 0 Å². The van der Waals surface area contributed by atoms with Gasteiger partial charge in [0.25, 0.3) is 17.7 Å². The molecule has 372 valence electrons. The summed E-state index contributed by atoms with van der Waals surface area (Å²) in [6, 6.07) is 35.6. The van der Waals surface area contributed by atoms with Crippen LogP contribution in [-0.2, 0) is 32.6 Å². The van der Waals surface area contributed by atoms with Gasteiger partial charge >= 0.3 is 0 Å². The summed E-state index contributed by atoms with van der Waals surface area (Å²) in [5, 5.41) is 4.57. The Morgan fingerprint density at radius 3 is 1.71 bits per heavy atom. The van der Waals surface area contributed by atoms with Crippen molar-refractivity contribution in [1.29, 1.82) is 0 Å². The zero-order valence-electron chi connectivity index (χ0n) is 45.1. The van der Waals surface area contributed by atoms with Crippen LogP contribution in [0.3, 0.4) is 0 Å². The quantitative estimate of drug-likeness (QED) is 0.161. The second kappa shape index (κ2) is 20.6. The fraction of sp³-hybridized carbons (Fsp3) is 0.443. The molecule has 3 amide bonds. The van der Waals surface area contributed by atoms with E-state index in [2.05, 4.69) is 166 Å². The van der Waals surface area contributed by atoms with Crippen LogP contribution in [0.2, 0.25) is 0 Å². The Morgan fingerprint density at radius 1 is 0.557 bits per heavy atom. The zero-order valence-corrected chi connectivity index (χ0v) is 46.0. The largest absolute Gasteiger partial charge is 0.336 e. The van der Waals surface area contributed by atoms with Crippen molar-refractivity contribution in [3.05, 3.63) is 154 Å². The van der Waals surface area contributed by atoms with E-state index in [0.29, 0.717) is 23.8 Å². The van der Waals surface area contributed by atoms with Gasteiger partial charge in [0.05, 0.1) is 23.3 Å². The number of amides is 3. The molecule has 3 aliphatic rings. The van der Waals surface area contributed by atoms with Crippen LogP contribution in [0, 0.1) is 0 Å². The molecule has 0 bridgehead atoms. The number of para-hydroxylation sites is 1. The average Bonchev–Trinajstić information content (AvgIpc) is 4.15. The zero-order chi connectivity index (χ0) is 51.7. The Kier molecular flexibility index (Phi) is 15.8. The number of carbonyl (C=O) groups is 3. The predicted molar refractivity (Wildman–Crippen MR) is 294 cm³/mol. The van der Waals surface area contributed by atoms with Gasteiger partial charge in [0.2, 0.25) is 0 Å². The van der Waals surface area contributed by atoms with Gasteiger partial charge in [0.1, 0.15) is 7.14 Å². The Bertz CT molecular complexity index is 2930. The first kappa shape index (κ1) is 53.8. The molecule has 0 radical (unpaired) electrons. The number of hydrogen-bond acceptors (Lipinski definition) is 5. The lowest BCUT2D eigenvalue weighted by Gasteiger charge is -2.26. The van der Waals surface area contributed by atoms with E-state index in [1.807, 2.05) is 43.8 Å². The Labute approximate surface area is 419 Å². The second-order valence-corrected chi connectivity index (χ2v) is 27.2. The topological polar surface area (TPSA) is 90.9 Å². The SMILES string of the molecule is CC(C)(C)c1ccc2ccc(P(C)(C)=O)cc2c1.CC(C)(C)c1cccc2c1C(=O)N(C1CC1)CCC2.CC(C)(C)c1cccc2cccnc12.CN1CN(C)C(=O)c2c(cccc2C(C)(C)C)C1=O. The van der Waals surface area contributed by atoms with Gasteiger partial charge in [-0.1, -0.05) is 168 Å². The molecule has 5 aromatic carbocycles. The van der Waals surface area contributed by atoms with Crippen molar-refractivity contribution in [2.24, 2.45) is 0 Å². The summed E-state index contributed by atoms with van der Waals surface area (Å²) in [4.78, 5) is 47.5. The molecule has 0 N–H and O–H groups in total. The van der Waals surface area contributed by atoms with Crippen molar-refractivity contribution in [3.63, 3.8) is 0 Å². The molecule has 2 aliphatic heterocycles. The van der Waals surface area contributed by atoms with E-state index >= 15 is 0 Å². The Hall–Kier alpha value is -5.59. The van der Waals surface area contributed by atoms with Gasteiger partial charge in [-0.2, -0.15) is 0 Å². The van der Waals surface area contributed by atoms with Gasteiger partial charge in [0, 0.05) is 49.1 Å². The number of nitrogens with zero attached hydrogens (tertiary/aromatic N) is 4. The van der Waals surface area contributed by atoms with Crippen LogP contribution in [0.5, 0.6) is 0 Å². The highest BCUT2D eigenvalue weighted by Crippen LogP contribution is 2.38. The molecule has 8 nitrogen and oxygen atoms in total. The van der Waals surface area contributed by atoms with E-state index < -0.39 is 7.14 Å². The Balaban J connectivity index is 0.000000154. The van der Waals surface area contributed by atoms with E-state index in [9.17, 15) is 18.9 Å². The van der Waals surface area contributed by atoms with E-state index in [4.69, 9.17) is 0 Å². The van der Waals surface area contributed by atoms with E-state index in [1.54, 1.807) is 30.0 Å². The Morgan fingerprint density at radius 2 is 1.11 bits per heavy atom. The van der Waals surface area contributed by atoms with Crippen LogP contribution in [0.15, 0.2) is 109 Å². The molecule has 0 atom stereocenters. The number of aryl methyl sites for hydroxylation is 1. The number of aromatic nitrogens is 1. The summed E-state index contributed by atoms with van der Waals surface area (Å²) in [7, 11) is 1.26. The minimum Gasteiger partial charge on any atom is -0.336 e. The highest BCUT2D eigenvalue weighted by molar-refractivity contribution is 7.70. The molecular formula is C61H79N4O4P. The van der Waals surface area contributed by atoms with Gasteiger partial charge in [-0.3, -0.25) is 19.4 Å². The van der Waals surface area contributed by atoms with E-state index in [0.717, 1.165) is 41.3 Å². The van der Waals surface area contributed by atoms with Crippen molar-refractivity contribution in [1.82, 2.24) is 19.7 Å². The molecule has 3 heterocycles. The second-order valence-electron chi connectivity index (χ2n) is 24.0. The summed E-state index contributed by atoms with van der Waals surface area (Å²) in [5.41, 5.74) is 9.35. The van der Waals surface area contributed by atoms with Gasteiger partial charge < -0.3 is 19.3 Å². The molecule has 6 aromatic rings. The third-order valence-electron chi connectivity index (χ3n) is 13.5. The lowest BCUT2D eigenvalue weighted by Crippen LogP contribution is -2.36. The predicted octanol–water partition coefficient (Wildman–Crippen LogP) is 13.6. The van der Waals surface area contributed by atoms with Crippen molar-refractivity contribution >= 4 is 51.8 Å². The molecule has 0 spiro atoms. The lowest BCUT2D eigenvalue weighted by molar-refractivity contribution is 0.0651. The fourth-order valence-electron chi connectivity index (χ4n) is 9.28. The highest BCUT2D eigenvalue weighted by Gasteiger charge is 2.37. The summed E-state index contributed by atoms with van der Waals surface area (Å²) in [5.74, 6) is 0.0950. The number of rotatable bonds is 2. The van der Waals surface area contributed by atoms with Crippen molar-refractivity contribution < 1.29 is 18.9 Å². The highest BCUT2D eigenvalue weighted by atomic mass is 31.2. The number of fused-ring (bicyclic) bond motifs is 4. The average molecular weight is 963 g/mol. The first-order valence-corrected chi connectivity index (χ1v) is 27.6. The third kappa shape index (κ3) is 12.6. The maximum absolute atomic E-state index is 12.9. The standard InChI is InChI=1S/C17H23NO.C16H21OP.C15H20N2O2.C13H15N/c1-17(2,3)14-8-4-6-12-7-5-11-18(13-9-10-13)16(19)15(12)14;1-16(2,3)14-8-6-12-7-9-15(18(4,5)17)11-13(12)10-14;1-15(2,3)11-8-6-7-10-12(11)14(19)17(5)9-16(4)13(10)18;1-13(2,3)11-8-4-6-10-7-5-9-14-12(10)11/h4,6,8,13H,5,7,9-11H2,1-3H3;6-11H,1-5H3;6-8H,9H2,1-5H3;4-9H,1-3H3. The van der Waals surface area contributed by atoms with Gasteiger partial charge in [-0.05, 0) is 117 Å². The molecule has 9 heteroatoms. The third-order valence-corrected chi connectivity index (χ3v) is 15.0. The van der Waals surface area contributed by atoms with Crippen LogP contribution in [-0.4, -0.2) is 84.1 Å². The first-order chi connectivity index (χ1) is 32.5. The van der Waals surface area contributed by atoms with E-state index in [-0.39, 0.29) is 39.4 Å². The summed E-state index contributed by atoms with van der Waals surface area (Å²) >= 11 is 0. The number of benzene rings is 5. The summed E-state index contributed by atoms with van der Waals surface area (Å²) in [6.07, 6.45) is 6.38. The van der Waals surface area contributed by atoms with Gasteiger partial charge in [-0.15, -0.1) is 0 Å². The minimum atomic E-state index is -2.18. The minimum absolute atomic E-state index is 0.0283. The van der Waals surface area contributed by atoms with Crippen LogP contribution in [0.25, 0.3) is 21.7 Å². The molecule has 70 heavy (non-hydrogen) atoms. The van der Waals surface area contributed by atoms with Crippen LogP contribution in [0.4, 0.5) is 0 Å². The van der Waals surface area contributed by atoms with Crippen molar-refractivity contribution in [2.75, 3.05) is 40.6 Å². The molecule has 0 unspecified atom stereocenters. The first-order valence-electron chi connectivity index (χ1n) is 25.0. The maximum atomic E-state index is 12.9. The van der Waals surface area contributed by atoms with Crippen molar-refractivity contribution in [2.45, 2.75) is 136 Å². The summed E-state index contributed by atoms with van der Waals surface area (Å²) < 4.78 is 12.1. The van der Waals surface area contributed by atoms with Gasteiger partial charge in [-0.25, -0.2) is 0 Å². The summed E-state index contributed by atoms with van der Waals surface area (Å²) in [6.45, 7) is 30.9. The van der Waals surface area contributed by atoms with E-state index in [1.165, 1.54) is 51.3 Å².